The van der Waals surface area contributed by atoms with E-state index in [0.29, 0.717) is 5.92 Å². The Bertz CT molecular complexity index is 236. The lowest BCUT2D eigenvalue weighted by atomic mass is 10.00. The number of nitrogens with zero attached hydrogens (tertiary/aromatic N) is 1. The lowest BCUT2D eigenvalue weighted by Gasteiger charge is -2.37. The lowest BCUT2D eigenvalue weighted by molar-refractivity contribution is -0.132. The summed E-state index contributed by atoms with van der Waals surface area (Å²) in [6, 6.07) is 0. The molecule has 2 heteroatoms. The summed E-state index contributed by atoms with van der Waals surface area (Å²) in [5.74, 6) is 0.927. The standard InChI is InChI=1S/C11H19NO/c1-5-9(3)10(4)11(13)12-6-8(2)7-12/h8H,5-7H2,1-4H3/b10-9+. The number of likely N-dealkylation sites (tertiary alicyclic amines) is 1. The van der Waals surface area contributed by atoms with Crippen LogP contribution in [0.1, 0.15) is 34.1 Å². The molecule has 0 bridgehead atoms. The summed E-state index contributed by atoms with van der Waals surface area (Å²) >= 11 is 0. The minimum atomic E-state index is 0.234. The Balaban J connectivity index is 2.58. The van der Waals surface area contributed by atoms with Gasteiger partial charge in [-0.2, -0.15) is 0 Å². The van der Waals surface area contributed by atoms with E-state index in [9.17, 15) is 4.79 Å². The molecular formula is C11H19NO. The van der Waals surface area contributed by atoms with Gasteiger partial charge in [0.1, 0.15) is 0 Å². The largest absolute Gasteiger partial charge is 0.338 e. The smallest absolute Gasteiger partial charge is 0.249 e. The van der Waals surface area contributed by atoms with Gasteiger partial charge in [0.05, 0.1) is 0 Å². The molecule has 0 aliphatic carbocycles. The number of rotatable bonds is 2. The van der Waals surface area contributed by atoms with Crippen molar-refractivity contribution in [3.05, 3.63) is 11.1 Å². The predicted octanol–water partition coefficient (Wildman–Crippen LogP) is 2.21. The van der Waals surface area contributed by atoms with Gasteiger partial charge in [-0.05, 0) is 26.2 Å². The van der Waals surface area contributed by atoms with Gasteiger partial charge in [-0.1, -0.05) is 19.4 Å². The van der Waals surface area contributed by atoms with Crippen LogP contribution in [0.15, 0.2) is 11.1 Å². The summed E-state index contributed by atoms with van der Waals surface area (Å²) in [4.78, 5) is 13.7. The van der Waals surface area contributed by atoms with Crippen LogP contribution in [0.3, 0.4) is 0 Å². The van der Waals surface area contributed by atoms with E-state index in [-0.39, 0.29) is 5.91 Å². The van der Waals surface area contributed by atoms with E-state index in [1.54, 1.807) is 0 Å². The van der Waals surface area contributed by atoms with Crippen LogP contribution in [0.25, 0.3) is 0 Å². The average Bonchev–Trinajstić information content (AvgIpc) is 2.09. The molecule has 0 unspecified atom stereocenters. The third-order valence-corrected chi connectivity index (χ3v) is 2.84. The van der Waals surface area contributed by atoms with E-state index >= 15 is 0 Å². The number of hydrogen-bond donors (Lipinski definition) is 0. The van der Waals surface area contributed by atoms with Crippen LogP contribution in [0.4, 0.5) is 0 Å². The fourth-order valence-corrected chi connectivity index (χ4v) is 1.55. The molecule has 1 amide bonds. The third-order valence-electron chi connectivity index (χ3n) is 2.84. The molecule has 0 atom stereocenters. The quantitative estimate of drug-likeness (QED) is 0.598. The van der Waals surface area contributed by atoms with Gasteiger partial charge in [-0.25, -0.2) is 0 Å². The molecule has 1 rings (SSSR count). The van der Waals surface area contributed by atoms with Crippen molar-refractivity contribution in [2.24, 2.45) is 5.92 Å². The zero-order valence-corrected chi connectivity index (χ0v) is 9.05. The summed E-state index contributed by atoms with van der Waals surface area (Å²) in [6.07, 6.45) is 0.973. The highest BCUT2D eigenvalue weighted by molar-refractivity contribution is 5.94. The first-order chi connectivity index (χ1) is 6.06. The van der Waals surface area contributed by atoms with Gasteiger partial charge in [-0.3, -0.25) is 4.79 Å². The van der Waals surface area contributed by atoms with E-state index in [1.165, 1.54) is 5.57 Å². The maximum Gasteiger partial charge on any atom is 0.249 e. The molecule has 1 aliphatic heterocycles. The van der Waals surface area contributed by atoms with Crippen molar-refractivity contribution in [3.63, 3.8) is 0 Å². The molecule has 1 heterocycles. The van der Waals surface area contributed by atoms with E-state index in [1.807, 2.05) is 18.7 Å². The van der Waals surface area contributed by atoms with Crippen LogP contribution < -0.4 is 0 Å². The molecule has 0 spiro atoms. The molecule has 0 aromatic carbocycles. The second kappa shape index (κ2) is 3.95. The Morgan fingerprint density at radius 3 is 2.31 bits per heavy atom. The van der Waals surface area contributed by atoms with E-state index in [0.717, 1.165) is 25.1 Å². The van der Waals surface area contributed by atoms with Gasteiger partial charge in [0.2, 0.25) is 5.91 Å². The first-order valence-electron chi connectivity index (χ1n) is 5.01. The van der Waals surface area contributed by atoms with Crippen LogP contribution in [0.2, 0.25) is 0 Å². The molecule has 0 N–H and O–H groups in total. The molecule has 0 radical (unpaired) electrons. The monoisotopic (exact) mass is 181 g/mol. The second-order valence-corrected chi connectivity index (χ2v) is 4.07. The Morgan fingerprint density at radius 2 is 1.92 bits per heavy atom. The molecule has 0 aromatic heterocycles. The van der Waals surface area contributed by atoms with Crippen LogP contribution in [0.5, 0.6) is 0 Å². The van der Waals surface area contributed by atoms with Gasteiger partial charge < -0.3 is 4.90 Å². The molecule has 0 aromatic rings. The maximum atomic E-state index is 11.7. The fourth-order valence-electron chi connectivity index (χ4n) is 1.55. The lowest BCUT2D eigenvalue weighted by Crippen LogP contribution is -2.49. The normalized spacial score (nSPS) is 19.5. The van der Waals surface area contributed by atoms with Crippen molar-refractivity contribution in [3.8, 4) is 0 Å². The van der Waals surface area contributed by atoms with Crippen molar-refractivity contribution >= 4 is 5.91 Å². The van der Waals surface area contributed by atoms with E-state index < -0.39 is 0 Å². The SMILES string of the molecule is CC/C(C)=C(\C)C(=O)N1CC(C)C1. The molecule has 1 saturated heterocycles. The minimum absolute atomic E-state index is 0.234. The average molecular weight is 181 g/mol. The second-order valence-electron chi connectivity index (χ2n) is 4.07. The molecular weight excluding hydrogens is 162 g/mol. The van der Waals surface area contributed by atoms with E-state index in [4.69, 9.17) is 0 Å². The molecule has 74 valence electrons. The summed E-state index contributed by atoms with van der Waals surface area (Å²) in [5.41, 5.74) is 2.15. The molecule has 1 aliphatic rings. The predicted molar refractivity (Wildman–Crippen MR) is 54.4 cm³/mol. The van der Waals surface area contributed by atoms with Crippen molar-refractivity contribution in [2.75, 3.05) is 13.1 Å². The topological polar surface area (TPSA) is 20.3 Å². The number of allylic oxidation sites excluding steroid dienone is 1. The highest BCUT2D eigenvalue weighted by Crippen LogP contribution is 2.19. The Morgan fingerprint density at radius 1 is 1.38 bits per heavy atom. The number of carbonyl (C=O) groups is 1. The van der Waals surface area contributed by atoms with Gasteiger partial charge in [0, 0.05) is 18.7 Å². The van der Waals surface area contributed by atoms with Crippen molar-refractivity contribution in [1.82, 2.24) is 4.90 Å². The van der Waals surface area contributed by atoms with Crippen molar-refractivity contribution in [2.45, 2.75) is 34.1 Å². The number of carbonyl (C=O) groups excluding carboxylic acids is 1. The van der Waals surface area contributed by atoms with Crippen LogP contribution in [-0.4, -0.2) is 23.9 Å². The molecule has 2 nitrogen and oxygen atoms in total. The Hall–Kier alpha value is -0.790. The first kappa shape index (κ1) is 10.3. The van der Waals surface area contributed by atoms with Gasteiger partial charge in [0.25, 0.3) is 0 Å². The van der Waals surface area contributed by atoms with E-state index in [2.05, 4.69) is 13.8 Å². The molecule has 13 heavy (non-hydrogen) atoms. The fraction of sp³-hybridized carbons (Fsp3) is 0.727. The highest BCUT2D eigenvalue weighted by Gasteiger charge is 2.27. The number of hydrogen-bond acceptors (Lipinski definition) is 1. The van der Waals surface area contributed by atoms with Gasteiger partial charge in [-0.15, -0.1) is 0 Å². The van der Waals surface area contributed by atoms with Crippen LogP contribution >= 0.6 is 0 Å². The number of amides is 1. The Labute approximate surface area is 80.6 Å². The zero-order valence-electron chi connectivity index (χ0n) is 9.05. The van der Waals surface area contributed by atoms with Crippen LogP contribution in [-0.2, 0) is 4.79 Å². The van der Waals surface area contributed by atoms with Gasteiger partial charge in [0.15, 0.2) is 0 Å². The van der Waals surface area contributed by atoms with Gasteiger partial charge >= 0.3 is 0 Å². The first-order valence-corrected chi connectivity index (χ1v) is 5.01. The summed E-state index contributed by atoms with van der Waals surface area (Å²) in [7, 11) is 0. The molecule has 0 saturated carbocycles. The Kier molecular flexibility index (Phi) is 3.12. The summed E-state index contributed by atoms with van der Waals surface area (Å²) in [5, 5.41) is 0. The molecule has 1 fully saturated rings. The minimum Gasteiger partial charge on any atom is -0.338 e. The summed E-state index contributed by atoms with van der Waals surface area (Å²) < 4.78 is 0. The maximum absolute atomic E-state index is 11.7. The van der Waals surface area contributed by atoms with Crippen molar-refractivity contribution in [1.29, 1.82) is 0 Å². The zero-order chi connectivity index (χ0) is 10.0. The van der Waals surface area contributed by atoms with Crippen LogP contribution in [0, 0.1) is 5.92 Å². The highest BCUT2D eigenvalue weighted by atomic mass is 16.2. The summed E-state index contributed by atoms with van der Waals surface area (Å²) in [6.45, 7) is 10.1. The third kappa shape index (κ3) is 2.11. The van der Waals surface area contributed by atoms with Crippen molar-refractivity contribution < 1.29 is 4.79 Å².